The van der Waals surface area contributed by atoms with Crippen molar-refractivity contribution in [3.63, 3.8) is 0 Å². The third-order valence-electron chi connectivity index (χ3n) is 2.74. The van der Waals surface area contributed by atoms with Crippen LogP contribution in [-0.2, 0) is 11.3 Å². The molecule has 0 radical (unpaired) electrons. The van der Waals surface area contributed by atoms with Crippen LogP contribution in [-0.4, -0.2) is 18.7 Å². The molecule has 0 aromatic heterocycles. The first-order valence-corrected chi connectivity index (χ1v) is 6.20. The van der Waals surface area contributed by atoms with Crippen LogP contribution in [0.2, 0.25) is 0 Å². The summed E-state index contributed by atoms with van der Waals surface area (Å²) in [5, 5.41) is 0. The number of aliphatic imine (C=N–C) groups is 1. The molecule has 4 heteroatoms. The number of carbonyl (C=O) groups excluding carboxylic acids is 1. The first-order chi connectivity index (χ1) is 9.10. The lowest BCUT2D eigenvalue weighted by Gasteiger charge is -2.10. The molecule has 0 saturated carbocycles. The third-order valence-corrected chi connectivity index (χ3v) is 2.74. The Labute approximate surface area is 114 Å². The van der Waals surface area contributed by atoms with Gasteiger partial charge in [-0.25, -0.2) is 0 Å². The number of nitrogens with zero attached hydrogens (tertiary/aromatic N) is 1. The highest BCUT2D eigenvalue weighted by molar-refractivity contribution is 5.95. The van der Waals surface area contributed by atoms with Crippen molar-refractivity contribution in [2.24, 2.45) is 10.7 Å². The maximum atomic E-state index is 11.4. The Morgan fingerprint density at radius 3 is 2.74 bits per heavy atom. The summed E-state index contributed by atoms with van der Waals surface area (Å²) in [6, 6.07) is 5.61. The zero-order valence-corrected chi connectivity index (χ0v) is 11.6. The number of aryl methyl sites for hydroxylation is 1. The molecule has 0 atom stereocenters. The van der Waals surface area contributed by atoms with Crippen LogP contribution in [0.5, 0.6) is 0 Å². The first-order valence-electron chi connectivity index (χ1n) is 6.20. The number of allylic oxidation sites excluding steroid dienone is 1. The Balaban J connectivity index is 2.74. The van der Waals surface area contributed by atoms with Crippen molar-refractivity contribution in [1.29, 1.82) is 0 Å². The van der Waals surface area contributed by atoms with Gasteiger partial charge in [-0.15, -0.1) is 0 Å². The molecule has 102 valence electrons. The lowest BCUT2D eigenvalue weighted by atomic mass is 10.0. The first kappa shape index (κ1) is 15.1. The number of primary amides is 1. The minimum absolute atomic E-state index is 0.344. The maximum absolute atomic E-state index is 11.4. The van der Waals surface area contributed by atoms with E-state index in [1.165, 1.54) is 0 Å². The van der Waals surface area contributed by atoms with Crippen molar-refractivity contribution in [2.75, 3.05) is 6.61 Å². The van der Waals surface area contributed by atoms with Gasteiger partial charge in [0.25, 0.3) is 0 Å². The van der Waals surface area contributed by atoms with Crippen molar-refractivity contribution in [1.82, 2.24) is 0 Å². The van der Waals surface area contributed by atoms with Gasteiger partial charge >= 0.3 is 0 Å². The normalized spacial score (nSPS) is 12.1. The SMILES string of the molecule is CC=N/C(=C\C)COCc1cccc(C)c1C(N)=O. The third kappa shape index (κ3) is 4.34. The van der Waals surface area contributed by atoms with Crippen molar-refractivity contribution >= 4 is 12.1 Å². The van der Waals surface area contributed by atoms with E-state index in [2.05, 4.69) is 4.99 Å². The van der Waals surface area contributed by atoms with E-state index in [9.17, 15) is 4.79 Å². The molecule has 0 bridgehead atoms. The van der Waals surface area contributed by atoms with Gasteiger partial charge in [0, 0.05) is 11.8 Å². The smallest absolute Gasteiger partial charge is 0.249 e. The highest BCUT2D eigenvalue weighted by Gasteiger charge is 2.10. The van der Waals surface area contributed by atoms with E-state index in [1.54, 1.807) is 6.21 Å². The molecular formula is C15H20N2O2. The zero-order valence-electron chi connectivity index (χ0n) is 11.6. The number of ether oxygens (including phenoxy) is 1. The summed E-state index contributed by atoms with van der Waals surface area (Å²) in [5.74, 6) is -0.422. The molecule has 1 rings (SSSR count). The number of hydrogen-bond donors (Lipinski definition) is 1. The van der Waals surface area contributed by atoms with Crippen LogP contribution in [0.25, 0.3) is 0 Å². The second-order valence-electron chi connectivity index (χ2n) is 4.13. The Bertz CT molecular complexity index is 505. The van der Waals surface area contributed by atoms with Gasteiger partial charge in [-0.1, -0.05) is 24.3 Å². The predicted octanol–water partition coefficient (Wildman–Crippen LogP) is 2.61. The highest BCUT2D eigenvalue weighted by atomic mass is 16.5. The number of benzene rings is 1. The van der Waals surface area contributed by atoms with Gasteiger partial charge in [-0.2, -0.15) is 0 Å². The summed E-state index contributed by atoms with van der Waals surface area (Å²) in [6.07, 6.45) is 3.62. The quantitative estimate of drug-likeness (QED) is 0.799. The predicted molar refractivity (Wildman–Crippen MR) is 77.3 cm³/mol. The summed E-state index contributed by atoms with van der Waals surface area (Å²) in [5.41, 5.74) is 8.47. The molecule has 0 aliphatic heterocycles. The fraction of sp³-hybridized carbons (Fsp3) is 0.333. The van der Waals surface area contributed by atoms with Crippen LogP contribution in [0.4, 0.5) is 0 Å². The number of rotatable bonds is 6. The number of amides is 1. The molecule has 2 N–H and O–H groups in total. The van der Waals surface area contributed by atoms with E-state index >= 15 is 0 Å². The van der Waals surface area contributed by atoms with Crippen LogP contribution in [0, 0.1) is 6.92 Å². The fourth-order valence-corrected chi connectivity index (χ4v) is 1.83. The average molecular weight is 260 g/mol. The Hall–Kier alpha value is -1.94. The minimum atomic E-state index is -0.422. The van der Waals surface area contributed by atoms with E-state index in [-0.39, 0.29) is 0 Å². The molecule has 0 heterocycles. The second-order valence-corrected chi connectivity index (χ2v) is 4.13. The highest BCUT2D eigenvalue weighted by Crippen LogP contribution is 2.15. The van der Waals surface area contributed by atoms with Gasteiger partial charge < -0.3 is 10.5 Å². The summed E-state index contributed by atoms with van der Waals surface area (Å²) in [7, 11) is 0. The fourth-order valence-electron chi connectivity index (χ4n) is 1.83. The van der Waals surface area contributed by atoms with Gasteiger partial charge in [-0.3, -0.25) is 9.79 Å². The van der Waals surface area contributed by atoms with E-state index in [1.807, 2.05) is 45.0 Å². The van der Waals surface area contributed by atoms with Gasteiger partial charge in [-0.05, 0) is 31.9 Å². The monoisotopic (exact) mass is 260 g/mol. The van der Waals surface area contributed by atoms with Crippen molar-refractivity contribution < 1.29 is 9.53 Å². The molecule has 0 spiro atoms. The summed E-state index contributed by atoms with van der Waals surface area (Å²) >= 11 is 0. The number of hydrogen-bond acceptors (Lipinski definition) is 3. The molecular weight excluding hydrogens is 240 g/mol. The number of nitrogens with two attached hydrogens (primary N) is 1. The summed E-state index contributed by atoms with van der Waals surface area (Å²) < 4.78 is 5.58. The molecule has 0 saturated heterocycles. The van der Waals surface area contributed by atoms with Crippen LogP contribution in [0.1, 0.15) is 35.3 Å². The van der Waals surface area contributed by atoms with Crippen LogP contribution >= 0.6 is 0 Å². The maximum Gasteiger partial charge on any atom is 0.249 e. The summed E-state index contributed by atoms with van der Waals surface area (Å²) in [6.45, 7) is 6.38. The lowest BCUT2D eigenvalue weighted by Crippen LogP contribution is -2.16. The Morgan fingerprint density at radius 2 is 2.16 bits per heavy atom. The molecule has 1 aromatic carbocycles. The van der Waals surface area contributed by atoms with Crippen LogP contribution in [0.3, 0.4) is 0 Å². The standard InChI is InChI=1S/C15H20N2O2/c1-4-13(17-5-2)10-19-9-12-8-6-7-11(3)14(12)15(16)18/h4-8H,9-10H2,1-3H3,(H2,16,18)/b13-4-,17-5?. The van der Waals surface area contributed by atoms with Gasteiger partial charge in [0.15, 0.2) is 0 Å². The van der Waals surface area contributed by atoms with Crippen LogP contribution in [0.15, 0.2) is 35.0 Å². The van der Waals surface area contributed by atoms with Gasteiger partial charge in [0.2, 0.25) is 5.91 Å². The molecule has 0 unspecified atom stereocenters. The van der Waals surface area contributed by atoms with E-state index < -0.39 is 5.91 Å². The largest absolute Gasteiger partial charge is 0.370 e. The Morgan fingerprint density at radius 1 is 1.42 bits per heavy atom. The van der Waals surface area contributed by atoms with E-state index in [4.69, 9.17) is 10.5 Å². The number of carbonyl (C=O) groups is 1. The van der Waals surface area contributed by atoms with Gasteiger partial charge in [0.05, 0.1) is 18.9 Å². The Kier molecular flexibility index (Phi) is 5.96. The molecule has 4 nitrogen and oxygen atoms in total. The van der Waals surface area contributed by atoms with Crippen molar-refractivity contribution in [3.05, 3.63) is 46.7 Å². The van der Waals surface area contributed by atoms with E-state index in [0.29, 0.717) is 18.8 Å². The minimum Gasteiger partial charge on any atom is -0.370 e. The van der Waals surface area contributed by atoms with Gasteiger partial charge in [0.1, 0.15) is 0 Å². The average Bonchev–Trinajstić information content (AvgIpc) is 2.37. The molecule has 0 aliphatic rings. The molecule has 19 heavy (non-hydrogen) atoms. The molecule has 0 aliphatic carbocycles. The molecule has 1 amide bonds. The topological polar surface area (TPSA) is 64.7 Å². The lowest BCUT2D eigenvalue weighted by molar-refractivity contribution is 0.0990. The second kappa shape index (κ2) is 7.48. The van der Waals surface area contributed by atoms with Crippen molar-refractivity contribution in [2.45, 2.75) is 27.4 Å². The van der Waals surface area contributed by atoms with Crippen molar-refractivity contribution in [3.8, 4) is 0 Å². The van der Waals surface area contributed by atoms with E-state index in [0.717, 1.165) is 16.8 Å². The zero-order chi connectivity index (χ0) is 14.3. The molecule has 0 fully saturated rings. The molecule has 1 aromatic rings. The van der Waals surface area contributed by atoms with Crippen LogP contribution < -0.4 is 5.73 Å². The summed E-state index contributed by atoms with van der Waals surface area (Å²) in [4.78, 5) is 15.6.